The summed E-state index contributed by atoms with van der Waals surface area (Å²) in [7, 11) is 0. The number of carbonyl (C=O) groups is 1. The molecule has 0 saturated carbocycles. The Morgan fingerprint density at radius 3 is 2.48 bits per heavy atom. The molecule has 3 rings (SSSR count). The lowest BCUT2D eigenvalue weighted by Gasteiger charge is -2.15. The highest BCUT2D eigenvalue weighted by Gasteiger charge is 2.23. The maximum Gasteiger partial charge on any atom is 0.346 e. The molecule has 0 spiro atoms. The highest BCUT2D eigenvalue weighted by Crippen LogP contribution is 2.17. The van der Waals surface area contributed by atoms with Crippen molar-refractivity contribution < 1.29 is 13.9 Å². The average molecular weight is 339 g/mol. The van der Waals surface area contributed by atoms with E-state index in [1.807, 2.05) is 30.3 Å². The van der Waals surface area contributed by atoms with Gasteiger partial charge in [0.1, 0.15) is 0 Å². The number of hydrogen-bond donors (Lipinski definition) is 0. The predicted molar refractivity (Wildman–Crippen MR) is 94.3 cm³/mol. The zero-order valence-electron chi connectivity index (χ0n) is 13.9. The van der Waals surface area contributed by atoms with E-state index in [4.69, 9.17) is 4.74 Å². The monoisotopic (exact) mass is 339 g/mol. The molecule has 0 amide bonds. The fraction of sp³-hybridized carbons (Fsp3) is 0.200. The van der Waals surface area contributed by atoms with Crippen molar-refractivity contribution in [1.82, 2.24) is 4.57 Å². The second-order valence-corrected chi connectivity index (χ2v) is 5.62. The number of hydrogen-bond acceptors (Lipinski definition) is 3. The van der Waals surface area contributed by atoms with Crippen LogP contribution in [-0.4, -0.2) is 17.1 Å². The van der Waals surface area contributed by atoms with E-state index in [0.717, 1.165) is 5.56 Å². The molecule has 5 heteroatoms. The maximum atomic E-state index is 15.0. The normalized spacial score (nSPS) is 10.8. The highest BCUT2D eigenvalue weighted by atomic mass is 19.1. The number of nitrogens with zero attached hydrogens (tertiary/aromatic N) is 1. The van der Waals surface area contributed by atoms with Crippen LogP contribution in [0.2, 0.25) is 0 Å². The fourth-order valence-corrected chi connectivity index (χ4v) is 2.85. The SMILES string of the molecule is CCOC(=O)c1c(F)n(CCc2ccccc2)c2ccccc2c1=O. The number of halogens is 1. The van der Waals surface area contributed by atoms with Crippen LogP contribution in [-0.2, 0) is 17.7 Å². The lowest BCUT2D eigenvalue weighted by Crippen LogP contribution is -2.25. The summed E-state index contributed by atoms with van der Waals surface area (Å²) in [6.45, 7) is 2.00. The summed E-state index contributed by atoms with van der Waals surface area (Å²) < 4.78 is 21.2. The van der Waals surface area contributed by atoms with Crippen molar-refractivity contribution in [2.75, 3.05) is 6.61 Å². The van der Waals surface area contributed by atoms with Gasteiger partial charge in [0.25, 0.3) is 0 Å². The molecule has 0 N–H and O–H groups in total. The number of para-hydroxylation sites is 1. The molecule has 4 nitrogen and oxygen atoms in total. The molecule has 128 valence electrons. The Labute approximate surface area is 144 Å². The third-order valence-corrected chi connectivity index (χ3v) is 4.06. The van der Waals surface area contributed by atoms with Crippen molar-refractivity contribution >= 4 is 16.9 Å². The number of aryl methyl sites for hydroxylation is 2. The first-order valence-corrected chi connectivity index (χ1v) is 8.15. The van der Waals surface area contributed by atoms with Gasteiger partial charge in [0.15, 0.2) is 5.56 Å². The summed E-state index contributed by atoms with van der Waals surface area (Å²) >= 11 is 0. The summed E-state index contributed by atoms with van der Waals surface area (Å²) in [5.74, 6) is -1.78. The molecule has 0 unspecified atom stereocenters. The molecule has 2 aromatic carbocycles. The van der Waals surface area contributed by atoms with Crippen molar-refractivity contribution in [3.63, 3.8) is 0 Å². The van der Waals surface area contributed by atoms with Gasteiger partial charge in [0.05, 0.1) is 12.1 Å². The van der Waals surface area contributed by atoms with E-state index < -0.39 is 22.9 Å². The Morgan fingerprint density at radius 1 is 1.08 bits per heavy atom. The summed E-state index contributed by atoms with van der Waals surface area (Å²) in [6, 6.07) is 16.4. The van der Waals surface area contributed by atoms with Gasteiger partial charge in [-0.05, 0) is 31.0 Å². The molecule has 0 fully saturated rings. The van der Waals surface area contributed by atoms with Gasteiger partial charge < -0.3 is 9.30 Å². The molecule has 0 bridgehead atoms. The minimum absolute atomic E-state index is 0.0779. The van der Waals surface area contributed by atoms with E-state index in [2.05, 4.69) is 0 Å². The summed E-state index contributed by atoms with van der Waals surface area (Å²) in [5, 5.41) is 0.306. The summed E-state index contributed by atoms with van der Waals surface area (Å²) in [6.07, 6.45) is 0.576. The Morgan fingerprint density at radius 2 is 1.76 bits per heavy atom. The second-order valence-electron chi connectivity index (χ2n) is 5.62. The largest absolute Gasteiger partial charge is 0.462 e. The summed E-state index contributed by atoms with van der Waals surface area (Å²) in [4.78, 5) is 24.6. The van der Waals surface area contributed by atoms with E-state index in [1.165, 1.54) is 4.57 Å². The maximum absolute atomic E-state index is 15.0. The van der Waals surface area contributed by atoms with Crippen LogP contribution in [0, 0.1) is 5.95 Å². The van der Waals surface area contributed by atoms with Crippen LogP contribution in [0.4, 0.5) is 4.39 Å². The number of carbonyl (C=O) groups excluding carboxylic acids is 1. The third kappa shape index (κ3) is 3.31. The average Bonchev–Trinajstić information content (AvgIpc) is 2.63. The number of esters is 1. The van der Waals surface area contributed by atoms with Crippen LogP contribution in [0.3, 0.4) is 0 Å². The van der Waals surface area contributed by atoms with Crippen LogP contribution in [0.5, 0.6) is 0 Å². The lowest BCUT2D eigenvalue weighted by molar-refractivity contribution is 0.0517. The number of benzene rings is 2. The Bertz CT molecular complexity index is 964. The Balaban J connectivity index is 2.12. The van der Waals surface area contributed by atoms with Gasteiger partial charge in [0.2, 0.25) is 11.4 Å². The molecule has 25 heavy (non-hydrogen) atoms. The smallest absolute Gasteiger partial charge is 0.346 e. The minimum atomic E-state index is -0.927. The lowest BCUT2D eigenvalue weighted by atomic mass is 10.1. The fourth-order valence-electron chi connectivity index (χ4n) is 2.85. The second kappa shape index (κ2) is 7.30. The number of ether oxygens (including phenoxy) is 1. The molecule has 1 heterocycles. The Kier molecular flexibility index (Phi) is 4.93. The Hall–Kier alpha value is -2.95. The van der Waals surface area contributed by atoms with Gasteiger partial charge in [-0.25, -0.2) is 4.79 Å². The molecule has 0 aliphatic carbocycles. The van der Waals surface area contributed by atoms with Gasteiger partial charge in [-0.15, -0.1) is 0 Å². The van der Waals surface area contributed by atoms with Crippen LogP contribution in [0.25, 0.3) is 10.9 Å². The molecular weight excluding hydrogens is 321 g/mol. The first-order chi connectivity index (χ1) is 12.1. The van der Waals surface area contributed by atoms with E-state index in [9.17, 15) is 9.59 Å². The number of rotatable bonds is 5. The van der Waals surface area contributed by atoms with Gasteiger partial charge in [-0.3, -0.25) is 4.79 Å². The quantitative estimate of drug-likeness (QED) is 0.527. The third-order valence-electron chi connectivity index (χ3n) is 4.06. The van der Waals surface area contributed by atoms with Gasteiger partial charge in [0, 0.05) is 11.9 Å². The van der Waals surface area contributed by atoms with Crippen LogP contribution >= 0.6 is 0 Å². The first kappa shape index (κ1) is 16.9. The standard InChI is InChI=1S/C20H18FNO3/c1-2-25-20(24)17-18(23)15-10-6-7-11-16(15)22(19(17)21)13-12-14-8-4-3-5-9-14/h3-11H,2,12-13H2,1H3. The number of aromatic nitrogens is 1. The predicted octanol–water partition coefficient (Wildman–Crippen LogP) is 3.56. The number of pyridine rings is 1. The van der Waals surface area contributed by atoms with E-state index >= 15 is 4.39 Å². The molecule has 0 saturated heterocycles. The van der Waals surface area contributed by atoms with Gasteiger partial charge in [-0.1, -0.05) is 42.5 Å². The van der Waals surface area contributed by atoms with Crippen LogP contribution < -0.4 is 5.43 Å². The zero-order chi connectivity index (χ0) is 17.8. The van der Waals surface area contributed by atoms with Crippen molar-refractivity contribution in [2.24, 2.45) is 0 Å². The van der Waals surface area contributed by atoms with Crippen LogP contribution in [0.15, 0.2) is 59.4 Å². The van der Waals surface area contributed by atoms with Crippen molar-refractivity contribution in [3.05, 3.63) is 81.9 Å². The summed E-state index contributed by atoms with van der Waals surface area (Å²) in [5.41, 5.74) is 0.340. The number of fused-ring (bicyclic) bond motifs is 1. The highest BCUT2D eigenvalue weighted by molar-refractivity contribution is 5.94. The zero-order valence-corrected chi connectivity index (χ0v) is 13.9. The van der Waals surface area contributed by atoms with Crippen molar-refractivity contribution in [1.29, 1.82) is 0 Å². The van der Waals surface area contributed by atoms with Gasteiger partial charge in [-0.2, -0.15) is 4.39 Å². The molecule has 1 aromatic heterocycles. The van der Waals surface area contributed by atoms with E-state index in [-0.39, 0.29) is 6.61 Å². The molecule has 3 aromatic rings. The molecule has 0 aliphatic rings. The molecule has 0 aliphatic heterocycles. The van der Waals surface area contributed by atoms with Gasteiger partial charge >= 0.3 is 5.97 Å². The molecular formula is C20H18FNO3. The topological polar surface area (TPSA) is 48.3 Å². The van der Waals surface area contributed by atoms with Crippen molar-refractivity contribution in [3.8, 4) is 0 Å². The van der Waals surface area contributed by atoms with Crippen LogP contribution in [0.1, 0.15) is 22.8 Å². The van der Waals surface area contributed by atoms with Crippen molar-refractivity contribution in [2.45, 2.75) is 19.9 Å². The minimum Gasteiger partial charge on any atom is -0.462 e. The van der Waals surface area contributed by atoms with E-state index in [0.29, 0.717) is 23.9 Å². The molecule has 0 atom stereocenters. The molecule has 0 radical (unpaired) electrons. The first-order valence-electron chi connectivity index (χ1n) is 8.15. The van der Waals surface area contributed by atoms with E-state index in [1.54, 1.807) is 31.2 Å².